The number of methoxy groups -OCH3 is 1. The van der Waals surface area contributed by atoms with E-state index in [1.54, 1.807) is 13.2 Å². The Hall–Kier alpha value is -2.20. The number of anilines is 2. The Balaban J connectivity index is 1.58. The first-order chi connectivity index (χ1) is 14.9. The lowest BCUT2D eigenvalue weighted by atomic mass is 10.1. The second-order valence-electron chi connectivity index (χ2n) is 7.47. The zero-order chi connectivity index (χ0) is 21.6. The van der Waals surface area contributed by atoms with Crippen LogP contribution in [0.3, 0.4) is 0 Å². The van der Waals surface area contributed by atoms with E-state index in [4.69, 9.17) is 26.1 Å². The summed E-state index contributed by atoms with van der Waals surface area (Å²) in [4.78, 5) is 12.3. The molecule has 0 unspecified atom stereocenters. The lowest BCUT2D eigenvalue weighted by Crippen LogP contribution is -2.18. The molecule has 10 heteroatoms. The summed E-state index contributed by atoms with van der Waals surface area (Å²) >= 11 is 7.49. The fourth-order valence-corrected chi connectivity index (χ4v) is 6.41. The summed E-state index contributed by atoms with van der Waals surface area (Å²) in [6, 6.07) is 9.64. The number of halogens is 1. The molecule has 31 heavy (non-hydrogen) atoms. The molecule has 2 aromatic heterocycles. The number of nitrogens with zero attached hydrogens (tertiary/aromatic N) is 3. The Morgan fingerprint density at radius 2 is 2.03 bits per heavy atom. The van der Waals surface area contributed by atoms with Gasteiger partial charge in [-0.15, -0.1) is 11.3 Å². The molecule has 1 aromatic carbocycles. The van der Waals surface area contributed by atoms with Gasteiger partial charge in [-0.3, -0.25) is 0 Å². The summed E-state index contributed by atoms with van der Waals surface area (Å²) in [5.74, 6) is 1.79. The van der Waals surface area contributed by atoms with Crippen molar-refractivity contribution in [1.29, 1.82) is 0 Å². The quantitative estimate of drug-likeness (QED) is 0.496. The molecule has 4 heterocycles. The van der Waals surface area contributed by atoms with Crippen LogP contribution in [0, 0.1) is 0 Å². The first-order valence-electron chi connectivity index (χ1n) is 9.81. The Labute approximate surface area is 189 Å². The van der Waals surface area contributed by atoms with Gasteiger partial charge in [0.25, 0.3) is 0 Å². The standard InChI is InChI=1S/C21H20ClN3O4S2/c1-28-8-9-29-14-3-2-13-6-7-25(17(13)10-14)21-15-11-31(26,27)12-16(15)23-20(24-21)18-4-5-19(22)30-18/h2-5,10H,6-9,11-12H2,1H3. The van der Waals surface area contributed by atoms with E-state index in [0.29, 0.717) is 47.0 Å². The van der Waals surface area contributed by atoms with Crippen LogP contribution in [0.2, 0.25) is 4.34 Å². The fraction of sp³-hybridized carbons (Fsp3) is 0.333. The molecule has 3 aromatic rings. The monoisotopic (exact) mass is 477 g/mol. The minimum absolute atomic E-state index is 0.0427. The van der Waals surface area contributed by atoms with Gasteiger partial charge in [0.1, 0.15) is 18.2 Å². The van der Waals surface area contributed by atoms with E-state index in [1.165, 1.54) is 16.9 Å². The van der Waals surface area contributed by atoms with Crippen LogP contribution in [-0.4, -0.2) is 45.3 Å². The first-order valence-corrected chi connectivity index (χ1v) is 12.8. The Morgan fingerprint density at radius 1 is 1.16 bits per heavy atom. The molecule has 0 atom stereocenters. The van der Waals surface area contributed by atoms with Gasteiger partial charge in [0.2, 0.25) is 0 Å². The van der Waals surface area contributed by atoms with E-state index in [-0.39, 0.29) is 11.5 Å². The molecule has 0 N–H and O–H groups in total. The highest BCUT2D eigenvalue weighted by Gasteiger charge is 2.34. The van der Waals surface area contributed by atoms with Crippen molar-refractivity contribution >= 4 is 44.3 Å². The maximum Gasteiger partial charge on any atom is 0.171 e. The Kier molecular flexibility index (Phi) is 5.37. The Bertz CT molecular complexity index is 1260. The third-order valence-electron chi connectivity index (χ3n) is 5.35. The average molecular weight is 478 g/mol. The van der Waals surface area contributed by atoms with Crippen molar-refractivity contribution in [2.45, 2.75) is 17.9 Å². The van der Waals surface area contributed by atoms with Gasteiger partial charge in [0.15, 0.2) is 15.7 Å². The molecule has 0 fully saturated rings. The largest absolute Gasteiger partial charge is 0.491 e. The molecule has 0 radical (unpaired) electrons. The molecular formula is C21H20ClN3O4S2. The van der Waals surface area contributed by atoms with E-state index in [2.05, 4.69) is 16.0 Å². The number of hydrogen-bond donors (Lipinski definition) is 0. The number of ether oxygens (including phenoxy) is 2. The van der Waals surface area contributed by atoms with Gasteiger partial charge in [-0.05, 0) is 30.2 Å². The van der Waals surface area contributed by atoms with E-state index in [9.17, 15) is 8.42 Å². The molecule has 7 nitrogen and oxygen atoms in total. The topological polar surface area (TPSA) is 81.6 Å². The van der Waals surface area contributed by atoms with Crippen molar-refractivity contribution in [3.8, 4) is 16.5 Å². The minimum atomic E-state index is -3.24. The molecule has 0 saturated heterocycles. The van der Waals surface area contributed by atoms with Crippen molar-refractivity contribution in [3.63, 3.8) is 0 Å². The van der Waals surface area contributed by atoms with Crippen LogP contribution in [0.4, 0.5) is 11.5 Å². The molecule has 0 bridgehead atoms. The van der Waals surface area contributed by atoms with Crippen LogP contribution in [-0.2, 0) is 32.5 Å². The summed E-state index contributed by atoms with van der Waals surface area (Å²) in [6.07, 6.45) is 0.847. The van der Waals surface area contributed by atoms with Crippen molar-refractivity contribution in [3.05, 3.63) is 51.5 Å². The van der Waals surface area contributed by atoms with Gasteiger partial charge in [-0.2, -0.15) is 0 Å². The van der Waals surface area contributed by atoms with Gasteiger partial charge in [-0.25, -0.2) is 18.4 Å². The lowest BCUT2D eigenvalue weighted by Gasteiger charge is -2.22. The van der Waals surface area contributed by atoms with Crippen molar-refractivity contribution < 1.29 is 17.9 Å². The van der Waals surface area contributed by atoms with Crippen molar-refractivity contribution in [1.82, 2.24) is 9.97 Å². The maximum absolute atomic E-state index is 12.4. The maximum atomic E-state index is 12.4. The Morgan fingerprint density at radius 3 is 2.81 bits per heavy atom. The van der Waals surface area contributed by atoms with E-state index in [0.717, 1.165) is 22.7 Å². The molecule has 0 aliphatic carbocycles. The number of rotatable bonds is 6. The third kappa shape index (κ3) is 4.03. The normalized spacial score (nSPS) is 16.4. The van der Waals surface area contributed by atoms with Crippen LogP contribution in [0.5, 0.6) is 5.75 Å². The number of aromatic nitrogens is 2. The number of thiophene rings is 1. The molecule has 0 saturated carbocycles. The zero-order valence-corrected chi connectivity index (χ0v) is 19.2. The molecule has 5 rings (SSSR count). The van der Waals surface area contributed by atoms with Crippen molar-refractivity contribution in [2.24, 2.45) is 0 Å². The SMILES string of the molecule is COCCOc1ccc2c(c1)N(c1nc(-c3ccc(Cl)s3)nc3c1CS(=O)(=O)C3)CC2. The van der Waals surface area contributed by atoms with Crippen LogP contribution < -0.4 is 9.64 Å². The van der Waals surface area contributed by atoms with Gasteiger partial charge < -0.3 is 14.4 Å². The van der Waals surface area contributed by atoms with Crippen molar-refractivity contribution in [2.75, 3.05) is 31.8 Å². The second-order valence-corrected chi connectivity index (χ2v) is 11.2. The zero-order valence-electron chi connectivity index (χ0n) is 16.8. The predicted octanol–water partition coefficient (Wildman–Crippen LogP) is 4.01. The highest BCUT2D eigenvalue weighted by atomic mass is 35.5. The minimum Gasteiger partial charge on any atom is -0.491 e. The first kappa shape index (κ1) is 20.7. The highest BCUT2D eigenvalue weighted by molar-refractivity contribution is 7.90. The summed E-state index contributed by atoms with van der Waals surface area (Å²) < 4.78 is 36.3. The van der Waals surface area contributed by atoms with Gasteiger partial charge >= 0.3 is 0 Å². The number of hydrogen-bond acceptors (Lipinski definition) is 8. The molecule has 0 spiro atoms. The predicted molar refractivity (Wildman–Crippen MR) is 121 cm³/mol. The summed E-state index contributed by atoms with van der Waals surface area (Å²) in [6.45, 7) is 1.68. The molecule has 2 aliphatic heterocycles. The second kappa shape index (κ2) is 8.05. The number of fused-ring (bicyclic) bond motifs is 2. The van der Waals surface area contributed by atoms with E-state index >= 15 is 0 Å². The summed E-state index contributed by atoms with van der Waals surface area (Å²) in [5, 5.41) is 0. The summed E-state index contributed by atoms with van der Waals surface area (Å²) in [7, 11) is -1.61. The smallest absolute Gasteiger partial charge is 0.171 e. The van der Waals surface area contributed by atoms with E-state index < -0.39 is 9.84 Å². The molecule has 162 valence electrons. The van der Waals surface area contributed by atoms with Crippen LogP contribution in [0.1, 0.15) is 16.8 Å². The van der Waals surface area contributed by atoms with Gasteiger partial charge in [0, 0.05) is 31.0 Å². The van der Waals surface area contributed by atoms with Crippen LogP contribution in [0.25, 0.3) is 10.7 Å². The van der Waals surface area contributed by atoms with E-state index in [1.807, 2.05) is 18.2 Å². The lowest BCUT2D eigenvalue weighted by molar-refractivity contribution is 0.146. The molecule has 0 amide bonds. The average Bonchev–Trinajstić information content (AvgIpc) is 3.42. The molecular weight excluding hydrogens is 458 g/mol. The summed E-state index contributed by atoms with van der Waals surface area (Å²) in [5.41, 5.74) is 3.42. The van der Waals surface area contributed by atoms with Crippen LogP contribution in [0.15, 0.2) is 30.3 Å². The van der Waals surface area contributed by atoms with Gasteiger partial charge in [-0.1, -0.05) is 17.7 Å². The highest BCUT2D eigenvalue weighted by Crippen LogP contribution is 2.42. The number of sulfone groups is 1. The number of benzene rings is 1. The molecule has 2 aliphatic rings. The third-order valence-corrected chi connectivity index (χ3v) is 8.02. The van der Waals surface area contributed by atoms with Gasteiger partial charge in [0.05, 0.1) is 33.0 Å². The van der Waals surface area contributed by atoms with Crippen LogP contribution >= 0.6 is 22.9 Å². The fourth-order valence-electron chi connectivity index (χ4n) is 3.94.